The van der Waals surface area contributed by atoms with Crippen molar-refractivity contribution in [3.63, 3.8) is 0 Å². The third kappa shape index (κ3) is 11.5. The molecule has 0 spiro atoms. The standard InChI is InChI=1S/2C15H19.2CH3.Si.Zr/c2*1-2-3-4-5-8-13-11-14-9-6-7-10-15(14)12-13;;;;/h2*6-7,9-12H,2-5,8H2,1H3;2*1H3;;/q4*-1;;. The van der Waals surface area contributed by atoms with Gasteiger partial charge in [-0.25, -0.2) is 0 Å². The van der Waals surface area contributed by atoms with Crippen molar-refractivity contribution in [2.45, 2.75) is 78.1 Å². The van der Waals surface area contributed by atoms with Crippen LogP contribution >= 0.6 is 0 Å². The summed E-state index contributed by atoms with van der Waals surface area (Å²) in [5.74, 6) is 0. The Hall–Kier alpha value is -1.24. The summed E-state index contributed by atoms with van der Waals surface area (Å²) in [5.41, 5.74) is 3.01. The molecule has 0 amide bonds. The van der Waals surface area contributed by atoms with Gasteiger partial charge in [-0.2, -0.15) is 12.1 Å². The molecule has 0 aliphatic carbocycles. The molecular formula is C32H44SiZr-4. The molecule has 0 saturated carbocycles. The molecule has 0 nitrogen and oxygen atoms in total. The predicted octanol–water partition coefficient (Wildman–Crippen LogP) is 9.88. The first-order valence-corrected chi connectivity index (χ1v) is 16.5. The van der Waals surface area contributed by atoms with E-state index in [9.17, 15) is 0 Å². The minimum atomic E-state index is 0. The molecule has 2 heteroatoms. The molecule has 0 aliphatic heterocycles. The van der Waals surface area contributed by atoms with E-state index in [-0.39, 0.29) is 14.9 Å². The van der Waals surface area contributed by atoms with Crippen molar-refractivity contribution in [1.29, 1.82) is 0 Å². The van der Waals surface area contributed by atoms with Crippen molar-refractivity contribution in [2.75, 3.05) is 0 Å². The van der Waals surface area contributed by atoms with Crippen LogP contribution in [0.25, 0.3) is 21.5 Å². The van der Waals surface area contributed by atoms with Crippen LogP contribution in [0.4, 0.5) is 0 Å². The second-order valence-corrected chi connectivity index (χ2v) is 8.61. The zero-order valence-corrected chi connectivity index (χ0v) is 25.5. The van der Waals surface area contributed by atoms with Crippen molar-refractivity contribution in [1.82, 2.24) is 0 Å². The molecule has 184 valence electrons. The van der Waals surface area contributed by atoms with Gasteiger partial charge in [0.05, 0.1) is 0 Å². The molecule has 34 heavy (non-hydrogen) atoms. The van der Waals surface area contributed by atoms with Gasteiger partial charge in [-0.15, -0.1) is 81.2 Å². The van der Waals surface area contributed by atoms with Gasteiger partial charge in [0.1, 0.15) is 0 Å². The number of hydrogen-bond acceptors (Lipinski definition) is 0. The summed E-state index contributed by atoms with van der Waals surface area (Å²) < 4.78 is 0. The Morgan fingerprint density at radius 2 is 0.971 bits per heavy atom. The van der Waals surface area contributed by atoms with Crippen LogP contribution in [0.1, 0.15) is 76.3 Å². The van der Waals surface area contributed by atoms with Gasteiger partial charge in [0.25, 0.3) is 0 Å². The average molecular weight is 548 g/mol. The summed E-state index contributed by atoms with van der Waals surface area (Å²) in [5, 5.41) is 5.57. The first-order chi connectivity index (χ1) is 15.8. The van der Waals surface area contributed by atoms with E-state index in [4.69, 9.17) is 0 Å². The molecule has 0 unspecified atom stereocenters. The Balaban J connectivity index is 0.000000566. The zero-order valence-electron chi connectivity index (χ0n) is 22.0. The third-order valence-electron chi connectivity index (χ3n) is 5.99. The molecule has 0 N–H and O–H groups in total. The molecule has 0 atom stereocenters. The second-order valence-electron chi connectivity index (χ2n) is 8.61. The van der Waals surface area contributed by atoms with Crippen LogP contribution in [0.5, 0.6) is 0 Å². The molecule has 0 aromatic heterocycles. The quantitative estimate of drug-likeness (QED) is 0.105. The van der Waals surface area contributed by atoms with Crippen molar-refractivity contribution < 1.29 is 23.3 Å². The fourth-order valence-corrected chi connectivity index (χ4v) is 4.23. The van der Waals surface area contributed by atoms with E-state index in [1.165, 1.54) is 120 Å². The zero-order chi connectivity index (χ0) is 23.0. The van der Waals surface area contributed by atoms with Crippen LogP contribution < -0.4 is 0 Å². The molecule has 0 heterocycles. The third-order valence-corrected chi connectivity index (χ3v) is 5.99. The topological polar surface area (TPSA) is 0 Å². The van der Waals surface area contributed by atoms with Gasteiger partial charge < -0.3 is 14.9 Å². The predicted molar refractivity (Wildman–Crippen MR) is 153 cm³/mol. The number of rotatable bonds is 10. The van der Waals surface area contributed by atoms with Gasteiger partial charge in [0.2, 0.25) is 0 Å². The average Bonchev–Trinajstić information content (AvgIpc) is 3.44. The summed E-state index contributed by atoms with van der Waals surface area (Å²) >= 11 is 1.36. The van der Waals surface area contributed by atoms with E-state index in [1.54, 1.807) is 0 Å². The minimum absolute atomic E-state index is 0. The Morgan fingerprint density at radius 1 is 0.588 bits per heavy atom. The Labute approximate surface area is 227 Å². The Kier molecular flexibility index (Phi) is 19.3. The van der Waals surface area contributed by atoms with E-state index in [1.807, 2.05) is 0 Å². The first kappa shape index (κ1) is 32.8. The molecular weight excluding hydrogens is 504 g/mol. The Morgan fingerprint density at radius 3 is 1.32 bits per heavy atom. The SMILES string of the molecule is CCCCCCc1cc2ccccc2[cH-]1.CCCCCCc1cc2ccccc2[cH-]1.[CH3-].[CH3-].[Si]=[Zr]. The number of unbranched alkanes of at least 4 members (excludes halogenated alkanes) is 6. The molecule has 0 fully saturated rings. The van der Waals surface area contributed by atoms with Crippen LogP contribution in [0.2, 0.25) is 0 Å². The van der Waals surface area contributed by atoms with E-state index in [2.05, 4.69) is 93.5 Å². The van der Waals surface area contributed by atoms with Crippen molar-refractivity contribution >= 4 is 28.4 Å². The number of aryl methyl sites for hydroxylation is 2. The van der Waals surface area contributed by atoms with E-state index in [0.717, 1.165) is 0 Å². The summed E-state index contributed by atoms with van der Waals surface area (Å²) in [4.78, 5) is 0. The second kappa shape index (κ2) is 20.0. The van der Waals surface area contributed by atoms with Gasteiger partial charge in [-0.3, -0.25) is 0 Å². The number of fused-ring (bicyclic) bond motifs is 2. The van der Waals surface area contributed by atoms with Crippen LogP contribution in [0.3, 0.4) is 0 Å². The van der Waals surface area contributed by atoms with Crippen LogP contribution in [-0.2, 0) is 36.2 Å². The van der Waals surface area contributed by atoms with Gasteiger partial charge in [-0.1, -0.05) is 77.3 Å². The van der Waals surface area contributed by atoms with Crippen molar-refractivity contribution in [3.05, 3.63) is 98.8 Å². The summed E-state index contributed by atoms with van der Waals surface area (Å²) in [6, 6.07) is 26.6. The molecule has 4 aromatic carbocycles. The fraction of sp³-hybridized carbons (Fsp3) is 0.375. The summed E-state index contributed by atoms with van der Waals surface area (Å²) in [6.07, 6.45) is 13.3. The van der Waals surface area contributed by atoms with Crippen molar-refractivity contribution in [3.8, 4) is 0 Å². The molecule has 0 bridgehead atoms. The monoisotopic (exact) mass is 546 g/mol. The van der Waals surface area contributed by atoms with Gasteiger partial charge >= 0.3 is 30.2 Å². The molecule has 2 radical (unpaired) electrons. The fourth-order valence-electron chi connectivity index (χ4n) is 4.23. The molecule has 4 aromatic rings. The first-order valence-electron chi connectivity index (χ1n) is 12.3. The normalized spacial score (nSPS) is 9.79. The van der Waals surface area contributed by atoms with Gasteiger partial charge in [0, 0.05) is 0 Å². The summed E-state index contributed by atoms with van der Waals surface area (Å²) in [6.45, 7) is 7.58. The van der Waals surface area contributed by atoms with Crippen LogP contribution in [0, 0.1) is 14.9 Å². The number of hydrogen-bond donors (Lipinski definition) is 0. The van der Waals surface area contributed by atoms with Gasteiger partial charge in [0.15, 0.2) is 0 Å². The van der Waals surface area contributed by atoms with E-state index < -0.39 is 0 Å². The maximum atomic E-state index is 3.06. The molecule has 0 aliphatic rings. The van der Waals surface area contributed by atoms with Gasteiger partial charge in [-0.05, 0) is 12.8 Å². The van der Waals surface area contributed by atoms with Crippen LogP contribution in [-0.4, -0.2) is 6.88 Å². The van der Waals surface area contributed by atoms with E-state index >= 15 is 0 Å². The van der Waals surface area contributed by atoms with E-state index in [0.29, 0.717) is 0 Å². The van der Waals surface area contributed by atoms with Crippen LogP contribution in [0.15, 0.2) is 72.8 Å². The summed E-state index contributed by atoms with van der Waals surface area (Å²) in [7, 11) is 0. The molecule has 4 rings (SSSR count). The molecule has 0 saturated heterocycles. The number of benzene rings is 2. The van der Waals surface area contributed by atoms with Crippen molar-refractivity contribution in [2.24, 2.45) is 0 Å². The Bertz CT molecular complexity index is 862. The maximum absolute atomic E-state index is 3.06.